The van der Waals surface area contributed by atoms with Gasteiger partial charge in [0.1, 0.15) is 0 Å². The van der Waals surface area contributed by atoms with Crippen LogP contribution in [-0.4, -0.2) is 5.92 Å². The lowest BCUT2D eigenvalue weighted by Crippen LogP contribution is -1.93. The molecule has 0 heterocycles. The lowest BCUT2D eigenvalue weighted by molar-refractivity contribution is 0.112. The minimum Gasteiger partial charge on any atom is -0.206 e. The molecule has 1 aliphatic rings. The van der Waals surface area contributed by atoms with E-state index in [4.69, 9.17) is 0 Å². The van der Waals surface area contributed by atoms with Crippen LogP contribution >= 0.6 is 15.9 Å². The molecule has 0 saturated heterocycles. The summed E-state index contributed by atoms with van der Waals surface area (Å²) in [7, 11) is 0. The highest BCUT2D eigenvalue weighted by Gasteiger charge is 2.57. The Morgan fingerprint density at radius 2 is 2.08 bits per heavy atom. The first-order valence-electron chi connectivity index (χ1n) is 4.14. The van der Waals surface area contributed by atoms with Gasteiger partial charge in [0.25, 0.3) is 5.92 Å². The predicted molar refractivity (Wildman–Crippen MR) is 51.2 cm³/mol. The van der Waals surface area contributed by atoms with Crippen LogP contribution in [0.15, 0.2) is 22.7 Å². The van der Waals surface area contributed by atoms with Crippen LogP contribution in [0.4, 0.5) is 8.78 Å². The van der Waals surface area contributed by atoms with Gasteiger partial charge < -0.3 is 0 Å². The Morgan fingerprint density at radius 1 is 1.46 bits per heavy atom. The van der Waals surface area contributed by atoms with Gasteiger partial charge in [-0.05, 0) is 24.1 Å². The summed E-state index contributed by atoms with van der Waals surface area (Å²) in [6.07, 6.45) is 0.00801. The quantitative estimate of drug-likeness (QED) is 0.706. The standard InChI is InChI=1S/C10H9BrF2/c1-6-4-7(2-3-9(6)11)8-5-10(8,12)13/h2-4,8H,5H2,1H3. The minimum atomic E-state index is -2.46. The Kier molecular flexibility index (Phi) is 1.95. The largest absolute Gasteiger partial charge is 0.255 e. The lowest BCUT2D eigenvalue weighted by atomic mass is 10.1. The third kappa shape index (κ3) is 1.62. The van der Waals surface area contributed by atoms with E-state index in [0.29, 0.717) is 0 Å². The maximum atomic E-state index is 12.7. The van der Waals surface area contributed by atoms with Gasteiger partial charge in [-0.15, -0.1) is 0 Å². The zero-order valence-corrected chi connectivity index (χ0v) is 8.74. The van der Waals surface area contributed by atoms with Crippen LogP contribution in [0.3, 0.4) is 0 Å². The summed E-state index contributed by atoms with van der Waals surface area (Å²) < 4.78 is 26.4. The highest BCUT2D eigenvalue weighted by molar-refractivity contribution is 9.10. The molecule has 0 nitrogen and oxygen atoms in total. The van der Waals surface area contributed by atoms with E-state index in [1.165, 1.54) is 0 Å². The van der Waals surface area contributed by atoms with Gasteiger partial charge in [0.2, 0.25) is 0 Å². The van der Waals surface area contributed by atoms with Gasteiger partial charge in [-0.25, -0.2) is 8.78 Å². The summed E-state index contributed by atoms with van der Waals surface area (Å²) in [6, 6.07) is 5.43. The first-order chi connectivity index (χ1) is 6.00. The van der Waals surface area contributed by atoms with Gasteiger partial charge in [0.05, 0.1) is 5.92 Å². The number of alkyl halides is 2. The molecule has 1 aliphatic carbocycles. The Balaban J connectivity index is 2.29. The van der Waals surface area contributed by atoms with E-state index in [9.17, 15) is 8.78 Å². The van der Waals surface area contributed by atoms with E-state index in [1.54, 1.807) is 6.07 Å². The van der Waals surface area contributed by atoms with Gasteiger partial charge in [0.15, 0.2) is 0 Å². The fourth-order valence-electron chi connectivity index (χ4n) is 1.46. The van der Waals surface area contributed by atoms with Crippen LogP contribution in [0.2, 0.25) is 0 Å². The molecule has 0 amide bonds. The molecule has 2 rings (SSSR count). The topological polar surface area (TPSA) is 0 Å². The molecular weight excluding hydrogens is 238 g/mol. The molecule has 0 aromatic heterocycles. The maximum absolute atomic E-state index is 12.7. The number of halogens is 3. The van der Waals surface area contributed by atoms with E-state index < -0.39 is 11.8 Å². The Hall–Kier alpha value is -0.440. The zero-order chi connectivity index (χ0) is 9.64. The molecule has 1 unspecified atom stereocenters. The monoisotopic (exact) mass is 246 g/mol. The summed E-state index contributed by atoms with van der Waals surface area (Å²) in [4.78, 5) is 0. The average Bonchev–Trinajstić information content (AvgIpc) is 2.66. The molecule has 3 heteroatoms. The highest BCUT2D eigenvalue weighted by atomic mass is 79.9. The van der Waals surface area contributed by atoms with Crippen LogP contribution in [-0.2, 0) is 0 Å². The minimum absolute atomic E-state index is 0.00801. The third-order valence-corrected chi connectivity index (χ3v) is 3.30. The van der Waals surface area contributed by atoms with Crippen LogP contribution in [0.1, 0.15) is 23.5 Å². The van der Waals surface area contributed by atoms with Crippen LogP contribution in [0.25, 0.3) is 0 Å². The van der Waals surface area contributed by atoms with Crippen LogP contribution in [0, 0.1) is 6.92 Å². The number of aryl methyl sites for hydroxylation is 1. The summed E-state index contributed by atoms with van der Waals surface area (Å²) in [6.45, 7) is 1.91. The van der Waals surface area contributed by atoms with Crippen molar-refractivity contribution in [2.24, 2.45) is 0 Å². The molecule has 1 aromatic rings. The van der Waals surface area contributed by atoms with Crippen LogP contribution < -0.4 is 0 Å². The number of rotatable bonds is 1. The van der Waals surface area contributed by atoms with Crippen molar-refractivity contribution < 1.29 is 8.78 Å². The van der Waals surface area contributed by atoms with E-state index in [0.717, 1.165) is 15.6 Å². The highest BCUT2D eigenvalue weighted by Crippen LogP contribution is 2.55. The SMILES string of the molecule is Cc1cc(C2CC2(F)F)ccc1Br. The molecule has 1 fully saturated rings. The molecule has 0 spiro atoms. The zero-order valence-electron chi connectivity index (χ0n) is 7.15. The van der Waals surface area contributed by atoms with Gasteiger partial charge in [-0.3, -0.25) is 0 Å². The van der Waals surface area contributed by atoms with Crippen molar-refractivity contribution in [1.82, 2.24) is 0 Å². The molecule has 0 bridgehead atoms. The molecular formula is C10H9BrF2. The fourth-order valence-corrected chi connectivity index (χ4v) is 1.71. The summed E-state index contributed by atoms with van der Waals surface area (Å²) in [5.74, 6) is -3.00. The van der Waals surface area contributed by atoms with E-state index in [2.05, 4.69) is 15.9 Å². The van der Waals surface area contributed by atoms with Crippen molar-refractivity contribution in [1.29, 1.82) is 0 Å². The Labute approximate surface area is 84.1 Å². The number of hydrogen-bond donors (Lipinski definition) is 0. The first-order valence-corrected chi connectivity index (χ1v) is 4.94. The maximum Gasteiger partial charge on any atom is 0.255 e. The molecule has 1 saturated carbocycles. The van der Waals surface area contributed by atoms with Crippen molar-refractivity contribution in [3.8, 4) is 0 Å². The van der Waals surface area contributed by atoms with E-state index in [-0.39, 0.29) is 6.42 Å². The van der Waals surface area contributed by atoms with Crippen molar-refractivity contribution >= 4 is 15.9 Å². The van der Waals surface area contributed by atoms with Gasteiger partial charge >= 0.3 is 0 Å². The average molecular weight is 247 g/mol. The molecule has 0 aliphatic heterocycles. The normalized spacial score (nSPS) is 24.5. The predicted octanol–water partition coefficient (Wildman–Crippen LogP) is 3.88. The first kappa shape index (κ1) is 9.13. The smallest absolute Gasteiger partial charge is 0.206 e. The van der Waals surface area contributed by atoms with Crippen LogP contribution in [0.5, 0.6) is 0 Å². The molecule has 13 heavy (non-hydrogen) atoms. The molecule has 1 aromatic carbocycles. The Bertz CT molecular complexity index is 347. The van der Waals surface area contributed by atoms with Gasteiger partial charge in [-0.1, -0.05) is 28.1 Å². The van der Waals surface area contributed by atoms with Crippen molar-refractivity contribution in [2.75, 3.05) is 0 Å². The summed E-state index contributed by atoms with van der Waals surface area (Å²) in [5, 5.41) is 0. The third-order valence-electron chi connectivity index (χ3n) is 2.41. The molecule has 0 N–H and O–H groups in total. The fraction of sp³-hybridized carbons (Fsp3) is 0.400. The summed E-state index contributed by atoms with van der Waals surface area (Å²) in [5.41, 5.74) is 1.77. The number of hydrogen-bond acceptors (Lipinski definition) is 0. The van der Waals surface area contributed by atoms with E-state index in [1.807, 2.05) is 19.1 Å². The molecule has 1 atom stereocenters. The van der Waals surface area contributed by atoms with E-state index >= 15 is 0 Å². The second kappa shape index (κ2) is 2.77. The second-order valence-electron chi connectivity index (χ2n) is 3.53. The van der Waals surface area contributed by atoms with Gasteiger partial charge in [-0.2, -0.15) is 0 Å². The van der Waals surface area contributed by atoms with Gasteiger partial charge in [0, 0.05) is 10.9 Å². The molecule has 70 valence electrons. The van der Waals surface area contributed by atoms with Crippen molar-refractivity contribution in [2.45, 2.75) is 25.2 Å². The lowest BCUT2D eigenvalue weighted by Gasteiger charge is -2.02. The van der Waals surface area contributed by atoms with Crippen molar-refractivity contribution in [3.63, 3.8) is 0 Å². The summed E-state index contributed by atoms with van der Waals surface area (Å²) >= 11 is 3.34. The Morgan fingerprint density at radius 3 is 2.54 bits per heavy atom. The second-order valence-corrected chi connectivity index (χ2v) is 4.38. The number of benzene rings is 1. The van der Waals surface area contributed by atoms with Crippen molar-refractivity contribution in [3.05, 3.63) is 33.8 Å². The molecule has 0 radical (unpaired) electrons.